The van der Waals surface area contributed by atoms with Crippen LogP contribution in [0.2, 0.25) is 0 Å². The number of likely N-dealkylation sites (tertiary alicyclic amines) is 1. The van der Waals surface area contributed by atoms with E-state index in [4.69, 9.17) is 9.72 Å². The second-order valence-electron chi connectivity index (χ2n) is 7.29. The van der Waals surface area contributed by atoms with Crippen LogP contribution in [0.15, 0.2) is 31.0 Å². The molecule has 0 radical (unpaired) electrons. The standard InChI is InChI=1S/C21H27N3O/c1-3-24-11-8-16(9-12-24)14-25-21-17-5-4-10-22-20(17)18-13-15(2)6-7-19(18)23-21/h3,6-7,13,16,22H,1,4-5,8-12,14H2,2H3. The molecule has 4 heteroatoms. The fraction of sp³-hybridized carbons (Fsp3) is 0.476. The Balaban J connectivity index is 1.57. The summed E-state index contributed by atoms with van der Waals surface area (Å²) in [6.07, 6.45) is 6.47. The molecule has 1 aromatic carbocycles. The van der Waals surface area contributed by atoms with E-state index in [0.29, 0.717) is 5.92 Å². The van der Waals surface area contributed by atoms with E-state index in [0.717, 1.165) is 50.5 Å². The van der Waals surface area contributed by atoms with Crippen molar-refractivity contribution in [3.63, 3.8) is 0 Å². The molecular weight excluding hydrogens is 310 g/mol. The number of hydrogen-bond donors (Lipinski definition) is 1. The van der Waals surface area contributed by atoms with Gasteiger partial charge in [-0.2, -0.15) is 0 Å². The molecule has 132 valence electrons. The molecule has 0 amide bonds. The number of rotatable bonds is 4. The zero-order valence-corrected chi connectivity index (χ0v) is 15.1. The van der Waals surface area contributed by atoms with Crippen LogP contribution >= 0.6 is 0 Å². The van der Waals surface area contributed by atoms with E-state index >= 15 is 0 Å². The van der Waals surface area contributed by atoms with Gasteiger partial charge < -0.3 is 15.0 Å². The maximum atomic E-state index is 6.26. The predicted octanol–water partition coefficient (Wildman–Crippen LogP) is 4.14. The zero-order chi connectivity index (χ0) is 17.2. The van der Waals surface area contributed by atoms with Gasteiger partial charge in [0.1, 0.15) is 0 Å². The Hall–Kier alpha value is -2.23. The number of aromatic nitrogens is 1. The van der Waals surface area contributed by atoms with Crippen molar-refractivity contribution in [2.24, 2.45) is 5.92 Å². The highest BCUT2D eigenvalue weighted by Crippen LogP contribution is 2.36. The molecule has 25 heavy (non-hydrogen) atoms. The number of pyridine rings is 1. The van der Waals surface area contributed by atoms with Gasteiger partial charge in [0.2, 0.25) is 5.88 Å². The van der Waals surface area contributed by atoms with Crippen molar-refractivity contribution in [3.8, 4) is 5.88 Å². The van der Waals surface area contributed by atoms with Crippen molar-refractivity contribution >= 4 is 16.6 Å². The molecule has 4 nitrogen and oxygen atoms in total. The second-order valence-corrected chi connectivity index (χ2v) is 7.29. The van der Waals surface area contributed by atoms with Gasteiger partial charge in [0.05, 0.1) is 17.8 Å². The van der Waals surface area contributed by atoms with Gasteiger partial charge in [-0.3, -0.25) is 0 Å². The van der Waals surface area contributed by atoms with Gasteiger partial charge >= 0.3 is 0 Å². The fourth-order valence-electron chi connectivity index (χ4n) is 3.92. The van der Waals surface area contributed by atoms with Crippen LogP contribution in [0.1, 0.15) is 30.4 Å². The molecule has 3 heterocycles. The number of nitrogens with one attached hydrogen (secondary N) is 1. The van der Waals surface area contributed by atoms with E-state index in [1.54, 1.807) is 0 Å². The Kier molecular flexibility index (Phi) is 4.51. The molecule has 0 saturated carbocycles. The van der Waals surface area contributed by atoms with E-state index in [9.17, 15) is 0 Å². The fourth-order valence-corrected chi connectivity index (χ4v) is 3.92. The van der Waals surface area contributed by atoms with E-state index in [1.807, 2.05) is 6.20 Å². The SMILES string of the molecule is C=CN1CCC(COc2nc3ccc(C)cc3c3c2CCCN3)CC1. The van der Waals surface area contributed by atoms with Crippen LogP contribution in [0.25, 0.3) is 10.9 Å². The van der Waals surface area contributed by atoms with E-state index in [2.05, 4.69) is 41.9 Å². The first-order valence-corrected chi connectivity index (χ1v) is 9.41. The largest absolute Gasteiger partial charge is 0.477 e. The van der Waals surface area contributed by atoms with Crippen LogP contribution in [-0.2, 0) is 6.42 Å². The summed E-state index contributed by atoms with van der Waals surface area (Å²) in [5, 5.41) is 4.81. The normalized spacial score (nSPS) is 17.9. The second kappa shape index (κ2) is 6.95. The van der Waals surface area contributed by atoms with Gasteiger partial charge in [-0.15, -0.1) is 0 Å². The Morgan fingerprint density at radius 3 is 3.00 bits per heavy atom. The molecule has 1 fully saturated rings. The molecule has 1 saturated heterocycles. The van der Waals surface area contributed by atoms with Crippen molar-refractivity contribution in [3.05, 3.63) is 42.1 Å². The van der Waals surface area contributed by atoms with Crippen molar-refractivity contribution in [1.82, 2.24) is 9.88 Å². The minimum absolute atomic E-state index is 0.610. The summed E-state index contributed by atoms with van der Waals surface area (Å²) < 4.78 is 6.26. The number of ether oxygens (including phenoxy) is 1. The molecule has 2 aliphatic rings. The third kappa shape index (κ3) is 3.30. The lowest BCUT2D eigenvalue weighted by molar-refractivity contribution is 0.167. The Labute approximate surface area is 149 Å². The molecule has 4 rings (SSSR count). The van der Waals surface area contributed by atoms with Gasteiger partial charge in [0.25, 0.3) is 0 Å². The number of fused-ring (bicyclic) bond motifs is 3. The van der Waals surface area contributed by atoms with Gasteiger partial charge in [-0.25, -0.2) is 4.98 Å². The smallest absolute Gasteiger partial charge is 0.219 e. The molecule has 0 spiro atoms. The number of nitrogens with zero attached hydrogens (tertiary/aromatic N) is 2. The molecule has 1 aromatic heterocycles. The van der Waals surface area contributed by atoms with Crippen LogP contribution < -0.4 is 10.1 Å². The van der Waals surface area contributed by atoms with E-state index < -0.39 is 0 Å². The van der Waals surface area contributed by atoms with E-state index in [1.165, 1.54) is 35.0 Å². The third-order valence-electron chi connectivity index (χ3n) is 5.47. The topological polar surface area (TPSA) is 37.4 Å². The molecular formula is C21H27N3O. The molecule has 0 atom stereocenters. The zero-order valence-electron chi connectivity index (χ0n) is 15.1. The van der Waals surface area contributed by atoms with Crippen molar-refractivity contribution in [1.29, 1.82) is 0 Å². The first-order valence-electron chi connectivity index (χ1n) is 9.41. The molecule has 2 aliphatic heterocycles. The van der Waals surface area contributed by atoms with Crippen LogP contribution in [0.5, 0.6) is 5.88 Å². The Morgan fingerprint density at radius 1 is 1.36 bits per heavy atom. The minimum Gasteiger partial charge on any atom is -0.477 e. The summed E-state index contributed by atoms with van der Waals surface area (Å²) in [7, 11) is 0. The van der Waals surface area contributed by atoms with Gasteiger partial charge in [0, 0.05) is 30.6 Å². The third-order valence-corrected chi connectivity index (χ3v) is 5.47. The monoisotopic (exact) mass is 337 g/mol. The first-order chi connectivity index (χ1) is 12.2. The van der Waals surface area contributed by atoms with Gasteiger partial charge in [-0.05, 0) is 56.9 Å². The number of aryl methyl sites for hydroxylation is 1. The highest BCUT2D eigenvalue weighted by molar-refractivity contribution is 5.94. The number of piperidine rings is 1. The average molecular weight is 337 g/mol. The minimum atomic E-state index is 0.610. The highest BCUT2D eigenvalue weighted by Gasteiger charge is 2.22. The van der Waals surface area contributed by atoms with Crippen LogP contribution in [0, 0.1) is 12.8 Å². The molecule has 1 N–H and O–H groups in total. The summed E-state index contributed by atoms with van der Waals surface area (Å²) in [6, 6.07) is 6.46. The number of anilines is 1. The Morgan fingerprint density at radius 2 is 2.20 bits per heavy atom. The highest BCUT2D eigenvalue weighted by atomic mass is 16.5. The van der Waals surface area contributed by atoms with Crippen molar-refractivity contribution in [2.45, 2.75) is 32.6 Å². The lowest BCUT2D eigenvalue weighted by Crippen LogP contribution is -2.32. The number of hydrogen-bond acceptors (Lipinski definition) is 4. The Bertz CT molecular complexity index is 778. The lowest BCUT2D eigenvalue weighted by Gasteiger charge is -2.31. The summed E-state index contributed by atoms with van der Waals surface area (Å²) in [5.41, 5.74) is 4.78. The maximum Gasteiger partial charge on any atom is 0.219 e. The quantitative estimate of drug-likeness (QED) is 0.910. The average Bonchev–Trinajstić information content (AvgIpc) is 2.67. The van der Waals surface area contributed by atoms with Crippen molar-refractivity contribution in [2.75, 3.05) is 31.6 Å². The van der Waals surface area contributed by atoms with Crippen LogP contribution in [-0.4, -0.2) is 36.1 Å². The summed E-state index contributed by atoms with van der Waals surface area (Å²) in [5.74, 6) is 1.45. The summed E-state index contributed by atoms with van der Waals surface area (Å²) in [4.78, 5) is 7.15. The molecule has 2 aromatic rings. The summed E-state index contributed by atoms with van der Waals surface area (Å²) >= 11 is 0. The van der Waals surface area contributed by atoms with Gasteiger partial charge in [-0.1, -0.05) is 18.2 Å². The number of benzene rings is 1. The van der Waals surface area contributed by atoms with Crippen molar-refractivity contribution < 1.29 is 4.74 Å². The summed E-state index contributed by atoms with van der Waals surface area (Å²) in [6.45, 7) is 9.96. The van der Waals surface area contributed by atoms with Gasteiger partial charge in [0.15, 0.2) is 0 Å². The first kappa shape index (κ1) is 16.2. The van der Waals surface area contributed by atoms with E-state index in [-0.39, 0.29) is 0 Å². The maximum absolute atomic E-state index is 6.26. The lowest BCUT2D eigenvalue weighted by atomic mass is 9.98. The molecule has 0 aliphatic carbocycles. The van der Waals surface area contributed by atoms with Crippen LogP contribution in [0.4, 0.5) is 5.69 Å². The predicted molar refractivity (Wildman–Crippen MR) is 103 cm³/mol. The molecule has 0 unspecified atom stereocenters. The van der Waals surface area contributed by atoms with Crippen LogP contribution in [0.3, 0.4) is 0 Å². The molecule has 0 bridgehead atoms.